The Balaban J connectivity index is 2.10. The smallest absolute Gasteiger partial charge is 0.228 e. The molecule has 1 unspecified atom stereocenters. The zero-order valence-electron chi connectivity index (χ0n) is 8.54. The first-order valence-electron chi connectivity index (χ1n) is 5.24. The molecule has 0 saturated carbocycles. The Hall–Kier alpha value is -0.830. The van der Waals surface area contributed by atoms with Gasteiger partial charge in [0.25, 0.3) is 0 Å². The minimum atomic E-state index is -0.622. The van der Waals surface area contributed by atoms with E-state index in [0.29, 0.717) is 19.0 Å². The molecule has 2 aliphatic rings. The fraction of sp³-hybridized carbons (Fsp3) is 0.727. The first-order chi connectivity index (χ1) is 6.72. The van der Waals surface area contributed by atoms with Gasteiger partial charge in [0.1, 0.15) is 5.60 Å². The van der Waals surface area contributed by atoms with Crippen LogP contribution in [0.3, 0.4) is 0 Å². The van der Waals surface area contributed by atoms with Gasteiger partial charge in [-0.25, -0.2) is 0 Å². The van der Waals surface area contributed by atoms with Crippen molar-refractivity contribution in [2.45, 2.75) is 38.2 Å². The van der Waals surface area contributed by atoms with Crippen molar-refractivity contribution in [1.82, 2.24) is 0 Å². The summed E-state index contributed by atoms with van der Waals surface area (Å²) in [5.74, 6) is 0.537. The lowest BCUT2D eigenvalue weighted by atomic mass is 9.95. The van der Waals surface area contributed by atoms with E-state index in [2.05, 4.69) is 0 Å². The molecule has 3 heteroatoms. The molecule has 0 radical (unpaired) electrons. The molecule has 0 N–H and O–H groups in total. The topological polar surface area (TPSA) is 35.5 Å². The second-order valence-electron chi connectivity index (χ2n) is 4.07. The molecule has 3 nitrogen and oxygen atoms in total. The Labute approximate surface area is 84.1 Å². The number of hydrogen-bond acceptors (Lipinski definition) is 3. The van der Waals surface area contributed by atoms with Crippen LogP contribution in [0.1, 0.15) is 32.6 Å². The lowest BCUT2D eigenvalue weighted by molar-refractivity contribution is -0.137. The normalized spacial score (nSPS) is 32.2. The summed E-state index contributed by atoms with van der Waals surface area (Å²) in [5, 5.41) is 0. The minimum Gasteiger partial charge on any atom is -0.490 e. The summed E-state index contributed by atoms with van der Waals surface area (Å²) < 4.78 is 10.8. The molecule has 14 heavy (non-hydrogen) atoms. The van der Waals surface area contributed by atoms with Gasteiger partial charge in [-0.2, -0.15) is 0 Å². The monoisotopic (exact) mass is 196 g/mol. The Bertz CT molecular complexity index is 262. The number of carbonyl (C=O) groups is 1. The molecule has 1 atom stereocenters. The summed E-state index contributed by atoms with van der Waals surface area (Å²) in [5.41, 5.74) is -0.622. The van der Waals surface area contributed by atoms with E-state index in [9.17, 15) is 4.79 Å². The van der Waals surface area contributed by atoms with Crippen LogP contribution in [-0.4, -0.2) is 24.6 Å². The van der Waals surface area contributed by atoms with Crippen LogP contribution in [0, 0.1) is 0 Å². The molecule has 2 heterocycles. The van der Waals surface area contributed by atoms with Gasteiger partial charge in [-0.1, -0.05) is 0 Å². The zero-order chi connectivity index (χ0) is 10.0. The number of allylic oxidation sites excluding steroid dienone is 1. The highest BCUT2D eigenvalue weighted by Crippen LogP contribution is 2.29. The molecule has 1 fully saturated rings. The second-order valence-corrected chi connectivity index (χ2v) is 4.07. The van der Waals surface area contributed by atoms with Crippen LogP contribution >= 0.6 is 0 Å². The van der Waals surface area contributed by atoms with E-state index in [1.807, 2.05) is 13.0 Å². The van der Waals surface area contributed by atoms with Crippen LogP contribution in [0.25, 0.3) is 0 Å². The molecule has 0 bridgehead atoms. The Morgan fingerprint density at radius 1 is 1.43 bits per heavy atom. The number of ether oxygens (including phenoxy) is 2. The maximum Gasteiger partial charge on any atom is 0.228 e. The molecule has 0 aromatic heterocycles. The van der Waals surface area contributed by atoms with Crippen molar-refractivity contribution < 1.29 is 14.3 Å². The Morgan fingerprint density at radius 2 is 2.29 bits per heavy atom. The largest absolute Gasteiger partial charge is 0.490 e. The van der Waals surface area contributed by atoms with E-state index in [0.717, 1.165) is 25.7 Å². The van der Waals surface area contributed by atoms with E-state index in [-0.39, 0.29) is 5.78 Å². The average molecular weight is 196 g/mol. The highest BCUT2D eigenvalue weighted by Gasteiger charge is 2.40. The predicted molar refractivity (Wildman–Crippen MR) is 51.9 cm³/mol. The minimum absolute atomic E-state index is 0.0229. The average Bonchev–Trinajstić information content (AvgIpc) is 2.67. The summed E-state index contributed by atoms with van der Waals surface area (Å²) in [7, 11) is 0. The maximum absolute atomic E-state index is 12.0. The first kappa shape index (κ1) is 9.71. The molecule has 2 rings (SSSR count). The van der Waals surface area contributed by atoms with Gasteiger partial charge in [0, 0.05) is 6.61 Å². The van der Waals surface area contributed by atoms with Crippen molar-refractivity contribution in [2.24, 2.45) is 0 Å². The lowest BCUT2D eigenvalue weighted by Gasteiger charge is -2.24. The van der Waals surface area contributed by atoms with E-state index < -0.39 is 5.60 Å². The zero-order valence-corrected chi connectivity index (χ0v) is 8.54. The van der Waals surface area contributed by atoms with Crippen molar-refractivity contribution >= 4 is 5.78 Å². The van der Waals surface area contributed by atoms with Gasteiger partial charge in [0.15, 0.2) is 5.76 Å². The van der Waals surface area contributed by atoms with Crippen molar-refractivity contribution in [2.75, 3.05) is 13.2 Å². The van der Waals surface area contributed by atoms with E-state index in [1.165, 1.54) is 0 Å². The Morgan fingerprint density at radius 3 is 2.86 bits per heavy atom. The Kier molecular flexibility index (Phi) is 2.59. The van der Waals surface area contributed by atoms with Crippen LogP contribution in [0.15, 0.2) is 11.8 Å². The molecular weight excluding hydrogens is 180 g/mol. The molecular formula is C11H16O3. The number of Topliss-reactive ketones (excluding diaryl/α,β-unsaturated/α-hetero) is 1. The van der Waals surface area contributed by atoms with Gasteiger partial charge in [-0.3, -0.25) is 4.79 Å². The summed E-state index contributed by atoms with van der Waals surface area (Å²) in [4.78, 5) is 12.0. The van der Waals surface area contributed by atoms with Crippen LogP contribution in [-0.2, 0) is 14.3 Å². The van der Waals surface area contributed by atoms with Gasteiger partial charge in [-0.05, 0) is 38.7 Å². The number of rotatable bonds is 2. The van der Waals surface area contributed by atoms with Crippen molar-refractivity contribution in [1.29, 1.82) is 0 Å². The summed E-state index contributed by atoms with van der Waals surface area (Å²) in [6.45, 7) is 3.21. The second kappa shape index (κ2) is 3.73. The third-order valence-corrected chi connectivity index (χ3v) is 2.86. The molecule has 1 saturated heterocycles. The fourth-order valence-electron chi connectivity index (χ4n) is 1.93. The molecule has 0 aromatic rings. The third kappa shape index (κ3) is 1.69. The standard InChI is InChI=1S/C11H16O3/c1-11(6-4-8-14-11)10(12)9-5-2-3-7-13-9/h5H,2-4,6-8H2,1H3. The summed E-state index contributed by atoms with van der Waals surface area (Å²) >= 11 is 0. The van der Waals surface area contributed by atoms with E-state index in [4.69, 9.17) is 9.47 Å². The predicted octanol–water partition coefficient (Wildman–Crippen LogP) is 1.82. The quantitative estimate of drug-likeness (QED) is 0.675. The van der Waals surface area contributed by atoms with E-state index in [1.54, 1.807) is 0 Å². The number of carbonyl (C=O) groups excluding carboxylic acids is 1. The van der Waals surface area contributed by atoms with Gasteiger partial charge in [0.05, 0.1) is 6.61 Å². The first-order valence-corrected chi connectivity index (χ1v) is 5.24. The van der Waals surface area contributed by atoms with Crippen molar-refractivity contribution in [3.05, 3.63) is 11.8 Å². The summed E-state index contributed by atoms with van der Waals surface area (Å²) in [6, 6.07) is 0. The molecule has 0 aliphatic carbocycles. The fourth-order valence-corrected chi connectivity index (χ4v) is 1.93. The van der Waals surface area contributed by atoms with Crippen LogP contribution in [0.5, 0.6) is 0 Å². The molecule has 0 spiro atoms. The SMILES string of the molecule is CC1(C(=O)C2=CCCCO2)CCCO1. The van der Waals surface area contributed by atoms with Gasteiger partial charge in [-0.15, -0.1) is 0 Å². The molecule has 0 aromatic carbocycles. The molecule has 78 valence electrons. The summed E-state index contributed by atoms with van der Waals surface area (Å²) in [6.07, 6.45) is 5.62. The number of ketones is 1. The van der Waals surface area contributed by atoms with Crippen LogP contribution in [0.4, 0.5) is 0 Å². The number of hydrogen-bond donors (Lipinski definition) is 0. The van der Waals surface area contributed by atoms with Gasteiger partial charge < -0.3 is 9.47 Å². The van der Waals surface area contributed by atoms with Crippen LogP contribution < -0.4 is 0 Å². The van der Waals surface area contributed by atoms with E-state index >= 15 is 0 Å². The van der Waals surface area contributed by atoms with Gasteiger partial charge in [0.2, 0.25) is 5.78 Å². The van der Waals surface area contributed by atoms with Gasteiger partial charge >= 0.3 is 0 Å². The highest BCUT2D eigenvalue weighted by molar-refractivity contribution is 6.00. The molecule has 0 amide bonds. The maximum atomic E-state index is 12.0. The highest BCUT2D eigenvalue weighted by atomic mass is 16.5. The lowest BCUT2D eigenvalue weighted by Crippen LogP contribution is -2.36. The van der Waals surface area contributed by atoms with Crippen LogP contribution in [0.2, 0.25) is 0 Å². The van der Waals surface area contributed by atoms with Crippen molar-refractivity contribution in [3.63, 3.8) is 0 Å². The molecule has 2 aliphatic heterocycles. The third-order valence-electron chi connectivity index (χ3n) is 2.86. The van der Waals surface area contributed by atoms with Crippen molar-refractivity contribution in [3.8, 4) is 0 Å².